The first kappa shape index (κ1) is 10.2. The number of hydrogen-bond acceptors (Lipinski definition) is 0. The molecule has 1 rings (SSSR count). The van der Waals surface area contributed by atoms with Gasteiger partial charge in [-0.05, 0) is 29.7 Å². The molecule has 0 N–H and O–H groups in total. The molecule has 0 fully saturated rings. The first-order valence-corrected chi connectivity index (χ1v) is 4.94. The molecular formula is C9H9Cl3. The first-order valence-electron chi connectivity index (χ1n) is 3.65. The van der Waals surface area contributed by atoms with Crippen LogP contribution in [0.15, 0.2) is 18.2 Å². The van der Waals surface area contributed by atoms with Gasteiger partial charge in [0.25, 0.3) is 0 Å². The van der Waals surface area contributed by atoms with Crippen LogP contribution >= 0.6 is 34.8 Å². The van der Waals surface area contributed by atoms with Crippen LogP contribution in [0.1, 0.15) is 18.4 Å². The third-order valence-electron chi connectivity index (χ3n) is 1.69. The lowest BCUT2D eigenvalue weighted by Gasteiger charge is -2.08. The quantitative estimate of drug-likeness (QED) is 0.655. The molecule has 3 heteroatoms. The molecule has 1 aromatic rings. The normalized spacial score (nSPS) is 13.0. The molecule has 0 amide bonds. The van der Waals surface area contributed by atoms with Gasteiger partial charge in [0.1, 0.15) is 0 Å². The van der Waals surface area contributed by atoms with E-state index in [-0.39, 0.29) is 0 Å². The van der Waals surface area contributed by atoms with E-state index >= 15 is 0 Å². The maximum atomic E-state index is 5.82. The summed E-state index contributed by atoms with van der Waals surface area (Å²) < 4.78 is 0. The SMILES string of the molecule is CC(CCl)c1cc(Cl)cc(Cl)c1. The second-order valence-electron chi connectivity index (χ2n) is 2.76. The molecule has 1 unspecified atom stereocenters. The van der Waals surface area contributed by atoms with Crippen LogP contribution in [0.3, 0.4) is 0 Å². The van der Waals surface area contributed by atoms with E-state index < -0.39 is 0 Å². The lowest BCUT2D eigenvalue weighted by molar-refractivity contribution is 0.875. The van der Waals surface area contributed by atoms with Crippen LogP contribution in [0.2, 0.25) is 10.0 Å². The van der Waals surface area contributed by atoms with Gasteiger partial charge in [-0.2, -0.15) is 0 Å². The van der Waals surface area contributed by atoms with Crippen LogP contribution < -0.4 is 0 Å². The fourth-order valence-corrected chi connectivity index (χ4v) is 1.67. The molecule has 0 saturated carbocycles. The molecule has 0 radical (unpaired) electrons. The Bertz CT molecular complexity index is 250. The third kappa shape index (κ3) is 2.55. The zero-order chi connectivity index (χ0) is 9.14. The Kier molecular flexibility index (Phi) is 3.70. The third-order valence-corrected chi connectivity index (χ3v) is 2.58. The Hall–Kier alpha value is 0.0900. The van der Waals surface area contributed by atoms with Crippen molar-refractivity contribution in [2.24, 2.45) is 0 Å². The fraction of sp³-hybridized carbons (Fsp3) is 0.333. The Labute approximate surface area is 87.4 Å². The maximum absolute atomic E-state index is 5.82. The largest absolute Gasteiger partial charge is 0.126 e. The van der Waals surface area contributed by atoms with Crippen LogP contribution in [-0.4, -0.2) is 5.88 Å². The number of halogens is 3. The first-order chi connectivity index (χ1) is 5.63. The van der Waals surface area contributed by atoms with Crippen LogP contribution in [0.25, 0.3) is 0 Å². The van der Waals surface area contributed by atoms with Crippen molar-refractivity contribution in [3.05, 3.63) is 33.8 Å². The van der Waals surface area contributed by atoms with Crippen LogP contribution in [0.5, 0.6) is 0 Å². The van der Waals surface area contributed by atoms with E-state index in [9.17, 15) is 0 Å². The van der Waals surface area contributed by atoms with Gasteiger partial charge in [0.15, 0.2) is 0 Å². The molecular weight excluding hydrogens is 214 g/mol. The second-order valence-corrected chi connectivity index (χ2v) is 3.94. The van der Waals surface area contributed by atoms with Gasteiger partial charge in [-0.25, -0.2) is 0 Å². The average molecular weight is 224 g/mol. The minimum Gasteiger partial charge on any atom is -0.126 e. The summed E-state index contributed by atoms with van der Waals surface area (Å²) in [5.41, 5.74) is 1.09. The molecule has 0 heterocycles. The van der Waals surface area contributed by atoms with Gasteiger partial charge in [-0.3, -0.25) is 0 Å². The highest BCUT2D eigenvalue weighted by molar-refractivity contribution is 6.34. The monoisotopic (exact) mass is 222 g/mol. The molecule has 0 spiro atoms. The summed E-state index contributed by atoms with van der Waals surface area (Å²) in [6, 6.07) is 5.49. The van der Waals surface area contributed by atoms with Gasteiger partial charge >= 0.3 is 0 Å². The highest BCUT2D eigenvalue weighted by Gasteiger charge is 2.05. The lowest BCUT2D eigenvalue weighted by atomic mass is 10.0. The topological polar surface area (TPSA) is 0 Å². The van der Waals surface area contributed by atoms with E-state index in [0.29, 0.717) is 21.8 Å². The lowest BCUT2D eigenvalue weighted by Crippen LogP contribution is -1.94. The van der Waals surface area contributed by atoms with Gasteiger partial charge in [0.05, 0.1) is 0 Å². The molecule has 12 heavy (non-hydrogen) atoms. The molecule has 0 nitrogen and oxygen atoms in total. The standard InChI is InChI=1S/C9H9Cl3/c1-6(5-10)7-2-8(11)4-9(12)3-7/h2-4,6H,5H2,1H3. The number of hydrogen-bond donors (Lipinski definition) is 0. The van der Waals surface area contributed by atoms with Gasteiger partial charge in [-0.1, -0.05) is 30.1 Å². The van der Waals surface area contributed by atoms with Crippen molar-refractivity contribution >= 4 is 34.8 Å². The zero-order valence-corrected chi connectivity index (χ0v) is 8.92. The summed E-state index contributed by atoms with van der Waals surface area (Å²) in [5, 5.41) is 1.32. The van der Waals surface area contributed by atoms with E-state index in [1.54, 1.807) is 6.07 Å². The molecule has 1 atom stereocenters. The molecule has 0 aliphatic rings. The molecule has 0 bridgehead atoms. The summed E-state index contributed by atoms with van der Waals surface area (Å²) in [6.07, 6.45) is 0. The number of benzene rings is 1. The van der Waals surface area contributed by atoms with Gasteiger partial charge in [0, 0.05) is 15.9 Å². The Morgan fingerprint density at radius 2 is 1.67 bits per heavy atom. The van der Waals surface area contributed by atoms with Crippen molar-refractivity contribution in [1.82, 2.24) is 0 Å². The second kappa shape index (κ2) is 4.36. The van der Waals surface area contributed by atoms with Crippen molar-refractivity contribution in [3.63, 3.8) is 0 Å². The van der Waals surface area contributed by atoms with Crippen LogP contribution in [-0.2, 0) is 0 Å². The van der Waals surface area contributed by atoms with E-state index in [1.165, 1.54) is 0 Å². The minimum atomic E-state index is 0.294. The van der Waals surface area contributed by atoms with Gasteiger partial charge in [-0.15, -0.1) is 11.6 Å². The van der Waals surface area contributed by atoms with Crippen molar-refractivity contribution in [1.29, 1.82) is 0 Å². The van der Waals surface area contributed by atoms with E-state index in [1.807, 2.05) is 19.1 Å². The fourth-order valence-electron chi connectivity index (χ4n) is 0.949. The summed E-state index contributed by atoms with van der Waals surface area (Å²) >= 11 is 17.4. The van der Waals surface area contributed by atoms with Crippen molar-refractivity contribution in [2.75, 3.05) is 5.88 Å². The Morgan fingerprint density at radius 3 is 2.08 bits per heavy atom. The van der Waals surface area contributed by atoms with Gasteiger partial charge in [0.2, 0.25) is 0 Å². The van der Waals surface area contributed by atoms with Crippen molar-refractivity contribution < 1.29 is 0 Å². The summed E-state index contributed by atoms with van der Waals surface area (Å²) in [6.45, 7) is 2.04. The van der Waals surface area contributed by atoms with Crippen molar-refractivity contribution in [2.45, 2.75) is 12.8 Å². The molecule has 0 aliphatic heterocycles. The summed E-state index contributed by atoms with van der Waals surface area (Å²) in [7, 11) is 0. The zero-order valence-electron chi connectivity index (χ0n) is 6.65. The number of alkyl halides is 1. The molecule has 1 aromatic carbocycles. The highest BCUT2D eigenvalue weighted by Crippen LogP contribution is 2.24. The van der Waals surface area contributed by atoms with Crippen molar-refractivity contribution in [3.8, 4) is 0 Å². The molecule has 0 aromatic heterocycles. The average Bonchev–Trinajstić information content (AvgIpc) is 2.01. The molecule has 0 aliphatic carbocycles. The summed E-state index contributed by atoms with van der Waals surface area (Å²) in [4.78, 5) is 0. The van der Waals surface area contributed by atoms with E-state index in [4.69, 9.17) is 34.8 Å². The predicted molar refractivity (Wildman–Crippen MR) is 55.6 cm³/mol. The molecule has 66 valence electrons. The summed E-state index contributed by atoms with van der Waals surface area (Å²) in [5.74, 6) is 0.874. The van der Waals surface area contributed by atoms with E-state index in [0.717, 1.165) is 5.56 Å². The molecule has 0 saturated heterocycles. The Morgan fingerprint density at radius 1 is 1.17 bits per heavy atom. The highest BCUT2D eigenvalue weighted by atomic mass is 35.5. The smallest absolute Gasteiger partial charge is 0.0423 e. The number of rotatable bonds is 2. The van der Waals surface area contributed by atoms with Gasteiger partial charge < -0.3 is 0 Å². The Balaban J connectivity index is 3.00. The predicted octanol–water partition coefficient (Wildman–Crippen LogP) is 4.34. The minimum absolute atomic E-state index is 0.294. The maximum Gasteiger partial charge on any atom is 0.0423 e. The van der Waals surface area contributed by atoms with Crippen LogP contribution in [0, 0.1) is 0 Å². The van der Waals surface area contributed by atoms with Crippen LogP contribution in [0.4, 0.5) is 0 Å². The van der Waals surface area contributed by atoms with E-state index in [2.05, 4.69) is 0 Å².